The molecule has 1 fully saturated rings. The Bertz CT molecular complexity index is 514. The smallest absolute Gasteiger partial charge is 0.244 e. The number of rotatable bonds is 4. The SMILES string of the molecule is Nc1ncc(Br)cc1S(=O)(=O)NCC1CCC1. The first kappa shape index (κ1) is 12.8. The zero-order chi connectivity index (χ0) is 12.5. The van der Waals surface area contributed by atoms with Gasteiger partial charge in [-0.3, -0.25) is 0 Å². The first-order valence-electron chi connectivity index (χ1n) is 5.40. The highest BCUT2D eigenvalue weighted by atomic mass is 79.9. The van der Waals surface area contributed by atoms with E-state index in [1.54, 1.807) is 0 Å². The Morgan fingerprint density at radius 1 is 1.53 bits per heavy atom. The second-order valence-corrected chi connectivity index (χ2v) is 6.84. The Hall–Kier alpha value is -0.660. The minimum absolute atomic E-state index is 0.0225. The first-order valence-corrected chi connectivity index (χ1v) is 7.67. The number of nitrogens with one attached hydrogen (secondary N) is 1. The van der Waals surface area contributed by atoms with E-state index in [4.69, 9.17) is 5.73 Å². The Morgan fingerprint density at radius 2 is 2.24 bits per heavy atom. The molecule has 5 nitrogen and oxygen atoms in total. The molecule has 0 amide bonds. The summed E-state index contributed by atoms with van der Waals surface area (Å²) in [5.74, 6) is 0.487. The monoisotopic (exact) mass is 319 g/mol. The van der Waals surface area contributed by atoms with Crippen LogP contribution in [0.4, 0.5) is 5.82 Å². The van der Waals surface area contributed by atoms with E-state index in [0.717, 1.165) is 12.8 Å². The van der Waals surface area contributed by atoms with E-state index in [1.807, 2.05) is 0 Å². The van der Waals surface area contributed by atoms with Crippen LogP contribution in [0.25, 0.3) is 0 Å². The van der Waals surface area contributed by atoms with Crippen LogP contribution in [0.3, 0.4) is 0 Å². The molecule has 0 aliphatic heterocycles. The molecule has 7 heteroatoms. The Balaban J connectivity index is 2.15. The lowest BCUT2D eigenvalue weighted by Crippen LogP contribution is -2.32. The fourth-order valence-electron chi connectivity index (χ4n) is 1.65. The molecule has 3 N–H and O–H groups in total. The molecule has 1 aliphatic carbocycles. The number of anilines is 1. The number of halogens is 1. The van der Waals surface area contributed by atoms with Gasteiger partial charge in [-0.1, -0.05) is 6.42 Å². The van der Waals surface area contributed by atoms with Crippen molar-refractivity contribution in [2.75, 3.05) is 12.3 Å². The molecule has 1 heterocycles. The van der Waals surface area contributed by atoms with Crippen molar-refractivity contribution >= 4 is 31.8 Å². The minimum atomic E-state index is -3.55. The Kier molecular flexibility index (Phi) is 3.70. The highest BCUT2D eigenvalue weighted by Crippen LogP contribution is 2.26. The van der Waals surface area contributed by atoms with Crippen molar-refractivity contribution < 1.29 is 8.42 Å². The van der Waals surface area contributed by atoms with Gasteiger partial charge in [0.15, 0.2) is 0 Å². The lowest BCUT2D eigenvalue weighted by atomic mass is 9.86. The van der Waals surface area contributed by atoms with Crippen LogP contribution in [-0.4, -0.2) is 19.9 Å². The van der Waals surface area contributed by atoms with Crippen molar-refractivity contribution in [2.24, 2.45) is 5.92 Å². The summed E-state index contributed by atoms with van der Waals surface area (Å²) in [5, 5.41) is 0. The number of nitrogens with two attached hydrogens (primary N) is 1. The van der Waals surface area contributed by atoms with E-state index >= 15 is 0 Å². The zero-order valence-electron chi connectivity index (χ0n) is 9.19. The van der Waals surface area contributed by atoms with Crippen molar-refractivity contribution in [2.45, 2.75) is 24.2 Å². The third-order valence-corrected chi connectivity index (χ3v) is 4.81. The van der Waals surface area contributed by atoms with Gasteiger partial charge in [0.2, 0.25) is 10.0 Å². The molecule has 1 aliphatic rings. The summed E-state index contributed by atoms with van der Waals surface area (Å²) in [7, 11) is -3.55. The number of nitrogens with zero attached hydrogens (tertiary/aromatic N) is 1. The maximum atomic E-state index is 12.0. The molecule has 0 unspecified atom stereocenters. The molecule has 1 aromatic heterocycles. The molecule has 0 bridgehead atoms. The fourth-order valence-corrected chi connectivity index (χ4v) is 3.35. The van der Waals surface area contributed by atoms with Crippen LogP contribution in [0.5, 0.6) is 0 Å². The summed E-state index contributed by atoms with van der Waals surface area (Å²) in [6.07, 6.45) is 4.84. The lowest BCUT2D eigenvalue weighted by Gasteiger charge is -2.25. The maximum Gasteiger partial charge on any atom is 0.244 e. The van der Waals surface area contributed by atoms with Gasteiger partial charge >= 0.3 is 0 Å². The average Bonchev–Trinajstić information content (AvgIpc) is 2.19. The molecule has 0 atom stereocenters. The first-order chi connectivity index (χ1) is 7.99. The van der Waals surface area contributed by atoms with Crippen molar-refractivity contribution in [3.63, 3.8) is 0 Å². The molecular formula is C10H14BrN3O2S. The van der Waals surface area contributed by atoms with Crippen LogP contribution in [0.15, 0.2) is 21.6 Å². The third kappa shape index (κ3) is 2.97. The van der Waals surface area contributed by atoms with Gasteiger partial charge in [-0.05, 0) is 40.8 Å². The van der Waals surface area contributed by atoms with E-state index in [1.165, 1.54) is 18.7 Å². The standard InChI is InChI=1S/C10H14BrN3O2S/c11-8-4-9(10(12)13-6-8)17(15,16)14-5-7-2-1-3-7/h4,6-7,14H,1-3,5H2,(H2,12,13). The normalized spacial score (nSPS) is 16.8. The van der Waals surface area contributed by atoms with Crippen molar-refractivity contribution in [1.29, 1.82) is 0 Å². The second kappa shape index (κ2) is 4.91. The summed E-state index contributed by atoms with van der Waals surface area (Å²) in [5.41, 5.74) is 5.58. The highest BCUT2D eigenvalue weighted by Gasteiger charge is 2.23. The molecule has 1 aromatic rings. The molecule has 0 aromatic carbocycles. The molecule has 94 valence electrons. The summed E-state index contributed by atoms with van der Waals surface area (Å²) in [4.78, 5) is 3.85. The Morgan fingerprint density at radius 3 is 2.82 bits per heavy atom. The van der Waals surface area contributed by atoms with Crippen LogP contribution >= 0.6 is 15.9 Å². The number of nitrogen functional groups attached to an aromatic ring is 1. The van der Waals surface area contributed by atoms with Gasteiger partial charge in [-0.15, -0.1) is 0 Å². The van der Waals surface area contributed by atoms with Crippen molar-refractivity contribution in [1.82, 2.24) is 9.71 Å². The molecule has 0 saturated heterocycles. The van der Waals surface area contributed by atoms with Gasteiger partial charge < -0.3 is 5.73 Å². The molecular weight excluding hydrogens is 306 g/mol. The van der Waals surface area contributed by atoms with E-state index in [2.05, 4.69) is 25.6 Å². The largest absolute Gasteiger partial charge is 0.383 e. The number of hydrogen-bond donors (Lipinski definition) is 2. The van der Waals surface area contributed by atoms with Crippen LogP contribution in [-0.2, 0) is 10.0 Å². The van der Waals surface area contributed by atoms with Gasteiger partial charge in [0.05, 0.1) is 0 Å². The minimum Gasteiger partial charge on any atom is -0.383 e. The summed E-state index contributed by atoms with van der Waals surface area (Å²) < 4.78 is 27.2. The molecule has 2 rings (SSSR count). The van der Waals surface area contributed by atoms with Crippen LogP contribution in [0.1, 0.15) is 19.3 Å². The third-order valence-electron chi connectivity index (χ3n) is 2.92. The summed E-state index contributed by atoms with van der Waals surface area (Å²) in [6, 6.07) is 1.46. The van der Waals surface area contributed by atoms with Gasteiger partial charge in [-0.25, -0.2) is 18.1 Å². The van der Waals surface area contributed by atoms with Crippen LogP contribution < -0.4 is 10.5 Å². The van der Waals surface area contributed by atoms with Crippen LogP contribution in [0, 0.1) is 5.92 Å². The fraction of sp³-hybridized carbons (Fsp3) is 0.500. The van der Waals surface area contributed by atoms with Crippen molar-refractivity contribution in [3.05, 3.63) is 16.7 Å². The summed E-state index contributed by atoms with van der Waals surface area (Å²) in [6.45, 7) is 0.480. The Labute approximate surface area is 109 Å². The molecule has 0 spiro atoms. The van der Waals surface area contributed by atoms with E-state index in [-0.39, 0.29) is 10.7 Å². The number of pyridine rings is 1. The number of hydrogen-bond acceptors (Lipinski definition) is 4. The summed E-state index contributed by atoms with van der Waals surface area (Å²) >= 11 is 3.18. The average molecular weight is 320 g/mol. The molecule has 17 heavy (non-hydrogen) atoms. The highest BCUT2D eigenvalue weighted by molar-refractivity contribution is 9.10. The van der Waals surface area contributed by atoms with Gasteiger partial charge in [0.1, 0.15) is 10.7 Å². The van der Waals surface area contributed by atoms with Gasteiger partial charge in [-0.2, -0.15) is 0 Å². The lowest BCUT2D eigenvalue weighted by molar-refractivity contribution is 0.316. The van der Waals surface area contributed by atoms with Gasteiger partial charge in [0, 0.05) is 17.2 Å². The quantitative estimate of drug-likeness (QED) is 0.880. The van der Waals surface area contributed by atoms with E-state index in [0.29, 0.717) is 16.9 Å². The van der Waals surface area contributed by atoms with Gasteiger partial charge in [0.25, 0.3) is 0 Å². The van der Waals surface area contributed by atoms with Crippen molar-refractivity contribution in [3.8, 4) is 0 Å². The van der Waals surface area contributed by atoms with E-state index in [9.17, 15) is 8.42 Å². The topological polar surface area (TPSA) is 85.1 Å². The second-order valence-electron chi connectivity index (χ2n) is 4.19. The zero-order valence-corrected chi connectivity index (χ0v) is 11.6. The molecule has 0 radical (unpaired) electrons. The van der Waals surface area contributed by atoms with Crippen LogP contribution in [0.2, 0.25) is 0 Å². The molecule has 1 saturated carbocycles. The predicted octanol–water partition coefficient (Wildman–Crippen LogP) is 1.50. The number of aromatic nitrogens is 1. The van der Waals surface area contributed by atoms with E-state index < -0.39 is 10.0 Å². The maximum absolute atomic E-state index is 12.0. The number of sulfonamides is 1. The predicted molar refractivity (Wildman–Crippen MR) is 68.9 cm³/mol.